The Balaban J connectivity index is 2.41. The molecular weight excluding hydrogens is 510 g/mol. The van der Waals surface area contributed by atoms with Crippen LogP contribution in [0.5, 0.6) is 11.5 Å². The second-order valence-electron chi connectivity index (χ2n) is 4.80. The summed E-state index contributed by atoms with van der Waals surface area (Å²) in [7, 11) is 0. The molecule has 0 aliphatic rings. The fraction of sp³-hybridized carbons (Fsp3) is 0.0625. The Morgan fingerprint density at radius 1 is 1.09 bits per heavy atom. The van der Waals surface area contributed by atoms with Crippen molar-refractivity contribution >= 4 is 56.2 Å². The second kappa shape index (κ2) is 5.73. The maximum Gasteiger partial charge on any atom is 0.196 e. The van der Waals surface area contributed by atoms with Crippen LogP contribution in [0.15, 0.2) is 39.5 Å². The highest BCUT2D eigenvalue weighted by Gasteiger charge is 2.20. The lowest BCUT2D eigenvalue weighted by molar-refractivity contribution is 0.441. The minimum atomic E-state index is -0.130. The molecule has 0 bridgehead atoms. The van der Waals surface area contributed by atoms with Gasteiger partial charge in [0.2, 0.25) is 0 Å². The predicted octanol–water partition coefficient (Wildman–Crippen LogP) is 4.39. The molecule has 0 saturated carbocycles. The van der Waals surface area contributed by atoms with Crippen LogP contribution in [0.4, 0.5) is 0 Å². The summed E-state index contributed by atoms with van der Waals surface area (Å²) in [6.45, 7) is 1.67. The Morgan fingerprint density at radius 2 is 1.77 bits per heavy atom. The number of benzene rings is 2. The Labute approximate surface area is 153 Å². The number of phenols is 2. The standard InChI is InChI=1S/C16H10I2O4/c1-7-13(19)8-4-2-3-5-11(8)22-16(7)9-6-10(17)15(21)12(18)14(9)20/h2-6,20-21H,1H3. The molecule has 3 rings (SSSR count). The van der Waals surface area contributed by atoms with Gasteiger partial charge in [0.05, 0.1) is 18.1 Å². The average molecular weight is 520 g/mol. The number of hydrogen-bond donors (Lipinski definition) is 2. The van der Waals surface area contributed by atoms with Gasteiger partial charge in [0.15, 0.2) is 5.43 Å². The normalized spacial score (nSPS) is 11.0. The highest BCUT2D eigenvalue weighted by atomic mass is 127. The minimum Gasteiger partial charge on any atom is -0.506 e. The molecule has 0 aliphatic carbocycles. The Kier molecular flexibility index (Phi) is 4.06. The van der Waals surface area contributed by atoms with Gasteiger partial charge in [-0.15, -0.1) is 0 Å². The topological polar surface area (TPSA) is 70.7 Å². The average Bonchev–Trinajstić information content (AvgIpc) is 2.52. The molecule has 22 heavy (non-hydrogen) atoms. The van der Waals surface area contributed by atoms with E-state index in [1.54, 1.807) is 37.3 Å². The first-order valence-electron chi connectivity index (χ1n) is 6.34. The zero-order valence-electron chi connectivity index (χ0n) is 11.4. The molecule has 4 nitrogen and oxygen atoms in total. The van der Waals surface area contributed by atoms with E-state index in [1.165, 1.54) is 0 Å². The fourth-order valence-corrected chi connectivity index (χ4v) is 3.94. The molecule has 0 radical (unpaired) electrons. The summed E-state index contributed by atoms with van der Waals surface area (Å²) in [5, 5.41) is 20.7. The molecule has 0 unspecified atom stereocenters. The van der Waals surface area contributed by atoms with E-state index in [0.717, 1.165) is 0 Å². The van der Waals surface area contributed by atoms with Crippen LogP contribution in [0, 0.1) is 14.1 Å². The van der Waals surface area contributed by atoms with Gasteiger partial charge in [-0.3, -0.25) is 4.79 Å². The first-order chi connectivity index (χ1) is 10.4. The highest BCUT2D eigenvalue weighted by Crippen LogP contribution is 2.41. The molecule has 0 fully saturated rings. The van der Waals surface area contributed by atoms with Gasteiger partial charge in [-0.1, -0.05) is 12.1 Å². The molecule has 0 aliphatic heterocycles. The van der Waals surface area contributed by atoms with E-state index in [-0.39, 0.29) is 16.9 Å². The molecule has 112 valence electrons. The van der Waals surface area contributed by atoms with E-state index in [2.05, 4.69) is 0 Å². The smallest absolute Gasteiger partial charge is 0.196 e. The van der Waals surface area contributed by atoms with Crippen LogP contribution in [0.2, 0.25) is 0 Å². The maximum absolute atomic E-state index is 12.5. The van der Waals surface area contributed by atoms with Gasteiger partial charge < -0.3 is 14.6 Å². The third kappa shape index (κ3) is 2.37. The number of halogens is 2. The highest BCUT2D eigenvalue weighted by molar-refractivity contribution is 14.1. The van der Waals surface area contributed by atoms with Gasteiger partial charge >= 0.3 is 0 Å². The molecule has 0 atom stereocenters. The largest absolute Gasteiger partial charge is 0.506 e. The molecule has 2 aromatic carbocycles. The summed E-state index contributed by atoms with van der Waals surface area (Å²) in [6.07, 6.45) is 0. The summed E-state index contributed by atoms with van der Waals surface area (Å²) >= 11 is 3.83. The van der Waals surface area contributed by atoms with Crippen molar-refractivity contribution in [1.29, 1.82) is 0 Å². The number of phenolic OH excluding ortho intramolecular Hbond substituents is 2. The summed E-state index contributed by atoms with van der Waals surface area (Å²) in [6, 6.07) is 8.60. The van der Waals surface area contributed by atoms with Crippen LogP contribution >= 0.6 is 45.2 Å². The van der Waals surface area contributed by atoms with Gasteiger partial charge in [0, 0.05) is 5.56 Å². The van der Waals surface area contributed by atoms with Crippen molar-refractivity contribution in [2.24, 2.45) is 0 Å². The quantitative estimate of drug-likeness (QED) is 0.468. The molecule has 0 amide bonds. The zero-order valence-corrected chi connectivity index (χ0v) is 15.7. The van der Waals surface area contributed by atoms with Gasteiger partial charge in [0.1, 0.15) is 22.8 Å². The molecule has 0 spiro atoms. The summed E-state index contributed by atoms with van der Waals surface area (Å²) < 4.78 is 6.74. The monoisotopic (exact) mass is 520 g/mol. The van der Waals surface area contributed by atoms with E-state index < -0.39 is 0 Å². The molecule has 6 heteroatoms. The minimum absolute atomic E-state index is 0.0169. The molecule has 3 aromatic rings. The van der Waals surface area contributed by atoms with Gasteiger partial charge in [-0.25, -0.2) is 0 Å². The number of aromatic hydroxyl groups is 2. The number of para-hydroxylation sites is 1. The first kappa shape index (κ1) is 15.6. The summed E-state index contributed by atoms with van der Waals surface area (Å²) in [5.41, 5.74) is 1.15. The van der Waals surface area contributed by atoms with E-state index in [1.807, 2.05) is 45.2 Å². The lowest BCUT2D eigenvalue weighted by Gasteiger charge is -2.12. The first-order valence-corrected chi connectivity index (χ1v) is 8.50. The zero-order chi connectivity index (χ0) is 16.0. The third-order valence-electron chi connectivity index (χ3n) is 3.44. The molecule has 0 saturated heterocycles. The van der Waals surface area contributed by atoms with Gasteiger partial charge in [-0.2, -0.15) is 0 Å². The Bertz CT molecular complexity index is 960. The molecular formula is C16H10I2O4. The van der Waals surface area contributed by atoms with Crippen molar-refractivity contribution in [3.05, 3.63) is 53.3 Å². The van der Waals surface area contributed by atoms with Crippen molar-refractivity contribution in [2.45, 2.75) is 6.92 Å². The summed E-state index contributed by atoms with van der Waals surface area (Å²) in [4.78, 5) is 12.5. The van der Waals surface area contributed by atoms with E-state index >= 15 is 0 Å². The van der Waals surface area contributed by atoms with Crippen molar-refractivity contribution in [3.8, 4) is 22.8 Å². The lowest BCUT2D eigenvalue weighted by atomic mass is 10.0. The lowest BCUT2D eigenvalue weighted by Crippen LogP contribution is -2.07. The number of rotatable bonds is 1. The third-order valence-corrected chi connectivity index (χ3v) is 5.28. The van der Waals surface area contributed by atoms with Gasteiger partial charge in [-0.05, 0) is 70.3 Å². The van der Waals surface area contributed by atoms with E-state index in [4.69, 9.17) is 4.42 Å². The fourth-order valence-electron chi connectivity index (χ4n) is 2.26. The molecule has 1 heterocycles. The maximum atomic E-state index is 12.5. The molecule has 2 N–H and O–H groups in total. The van der Waals surface area contributed by atoms with Crippen molar-refractivity contribution in [2.75, 3.05) is 0 Å². The van der Waals surface area contributed by atoms with Crippen LogP contribution in [0.25, 0.3) is 22.3 Å². The summed E-state index contributed by atoms with van der Waals surface area (Å²) in [5.74, 6) is 0.236. The van der Waals surface area contributed by atoms with Gasteiger partial charge in [0.25, 0.3) is 0 Å². The van der Waals surface area contributed by atoms with E-state index in [9.17, 15) is 15.0 Å². The number of fused-ring (bicyclic) bond motifs is 1. The number of hydrogen-bond acceptors (Lipinski definition) is 4. The van der Waals surface area contributed by atoms with E-state index in [0.29, 0.717) is 35.0 Å². The SMILES string of the molecule is Cc1c(-c2cc(I)c(O)c(I)c2O)oc2ccccc2c1=O. The Morgan fingerprint density at radius 3 is 2.50 bits per heavy atom. The predicted molar refractivity (Wildman–Crippen MR) is 101 cm³/mol. The van der Waals surface area contributed by atoms with Crippen molar-refractivity contribution in [1.82, 2.24) is 0 Å². The van der Waals surface area contributed by atoms with Crippen LogP contribution in [-0.4, -0.2) is 10.2 Å². The van der Waals surface area contributed by atoms with Crippen LogP contribution in [-0.2, 0) is 0 Å². The second-order valence-corrected chi connectivity index (χ2v) is 7.04. The van der Waals surface area contributed by atoms with Crippen LogP contribution in [0.3, 0.4) is 0 Å². The Hall–Kier alpha value is -1.29. The van der Waals surface area contributed by atoms with Crippen LogP contribution in [0.1, 0.15) is 5.56 Å². The van der Waals surface area contributed by atoms with Crippen LogP contribution < -0.4 is 5.43 Å². The van der Waals surface area contributed by atoms with Crippen molar-refractivity contribution < 1.29 is 14.6 Å². The molecule has 1 aromatic heterocycles. The van der Waals surface area contributed by atoms with Crippen molar-refractivity contribution in [3.63, 3.8) is 0 Å².